The van der Waals surface area contributed by atoms with Crippen LogP contribution in [-0.2, 0) is 21.3 Å². The smallest absolute Gasteiger partial charge is 0.248 e. The normalized spacial score (nSPS) is 42.8. The Morgan fingerprint density at radius 2 is 1.94 bits per heavy atom. The Bertz CT molecular complexity index is 1230. The molecule has 0 saturated carbocycles. The van der Waals surface area contributed by atoms with Crippen LogP contribution < -0.4 is 4.74 Å². The summed E-state index contributed by atoms with van der Waals surface area (Å²) in [5.74, 6) is 1.05. The zero-order valence-corrected chi connectivity index (χ0v) is 19.9. The summed E-state index contributed by atoms with van der Waals surface area (Å²) >= 11 is 0. The Kier molecular flexibility index (Phi) is 4.86. The molecule has 1 unspecified atom stereocenters. The van der Waals surface area contributed by atoms with E-state index in [4.69, 9.17) is 18.6 Å². The van der Waals surface area contributed by atoms with E-state index < -0.39 is 42.9 Å². The number of ether oxygens (including phenoxy) is 3. The van der Waals surface area contributed by atoms with Crippen LogP contribution in [0.4, 0.5) is 0 Å². The average molecular weight is 500 g/mol. The lowest BCUT2D eigenvalue weighted by Crippen LogP contribution is -2.66. The number of aryl methyl sites for hydroxylation is 1. The summed E-state index contributed by atoms with van der Waals surface area (Å²) < 4.78 is 24.1. The third-order valence-corrected chi connectivity index (χ3v) is 8.78. The van der Waals surface area contributed by atoms with Crippen molar-refractivity contribution in [2.45, 2.75) is 74.1 Å². The lowest BCUT2D eigenvalue weighted by atomic mass is 9.53. The van der Waals surface area contributed by atoms with Gasteiger partial charge < -0.3 is 44.0 Å². The minimum Gasteiger partial charge on any atom is -0.504 e. The maximum atomic E-state index is 10.7. The Balaban J connectivity index is 1.24. The van der Waals surface area contributed by atoms with E-state index in [1.807, 2.05) is 12.1 Å². The molecular formula is C25H29N3O8. The lowest BCUT2D eigenvalue weighted by molar-refractivity contribution is -0.316. The van der Waals surface area contributed by atoms with Crippen molar-refractivity contribution in [3.8, 4) is 11.5 Å². The molecule has 0 amide bonds. The third-order valence-electron chi connectivity index (χ3n) is 8.78. The van der Waals surface area contributed by atoms with Crippen LogP contribution in [0.25, 0.3) is 0 Å². The van der Waals surface area contributed by atoms with Crippen molar-refractivity contribution in [1.82, 2.24) is 15.1 Å². The number of benzene rings is 1. The fraction of sp³-hybridized carbons (Fsp3) is 0.600. The maximum Gasteiger partial charge on any atom is 0.248 e. The van der Waals surface area contributed by atoms with Crippen LogP contribution in [0.2, 0.25) is 0 Å². The quantitative estimate of drug-likeness (QED) is 0.426. The van der Waals surface area contributed by atoms with Gasteiger partial charge in [-0.25, -0.2) is 0 Å². The van der Waals surface area contributed by atoms with E-state index in [9.17, 15) is 20.4 Å². The maximum absolute atomic E-state index is 10.7. The summed E-state index contributed by atoms with van der Waals surface area (Å²) in [6.07, 6.45) is -2.36. The van der Waals surface area contributed by atoms with Crippen molar-refractivity contribution in [2.75, 3.05) is 13.6 Å². The number of aliphatic hydroxyl groups excluding tert-OH is 3. The average Bonchev–Trinajstić information content (AvgIpc) is 3.45. The van der Waals surface area contributed by atoms with Gasteiger partial charge in [0, 0.05) is 29.9 Å². The second-order valence-corrected chi connectivity index (χ2v) is 10.6. The molecule has 10 atom stereocenters. The number of likely N-dealkylation sites (N-methyl/N-ethyl adjacent to an activating group) is 1. The number of phenols is 1. The number of rotatable bonds is 3. The SMILES string of the molecule is Cc1nnc([C@H]2O[C@H](O[C@H]3C=CC4[C@H]5Cc6ccc(O)c7c6[C@@]4(CCN5C)[C@H]3O7)[C@H](O)[C@@H](O)[C@@H]2O)o1. The van der Waals surface area contributed by atoms with Crippen molar-refractivity contribution >= 4 is 0 Å². The van der Waals surface area contributed by atoms with Crippen molar-refractivity contribution in [1.29, 1.82) is 0 Å². The number of nitrogens with zero attached hydrogens (tertiary/aromatic N) is 3. The fourth-order valence-electron chi connectivity index (χ4n) is 7.08. The molecule has 2 saturated heterocycles. The molecule has 2 bridgehead atoms. The van der Waals surface area contributed by atoms with Crippen LogP contribution in [0.3, 0.4) is 0 Å². The van der Waals surface area contributed by atoms with E-state index in [-0.39, 0.29) is 28.9 Å². The molecule has 2 aromatic rings. The first kappa shape index (κ1) is 22.6. The van der Waals surface area contributed by atoms with Gasteiger partial charge in [-0.15, -0.1) is 10.2 Å². The Morgan fingerprint density at radius 3 is 2.72 bits per heavy atom. The summed E-state index contributed by atoms with van der Waals surface area (Å²) in [6, 6.07) is 3.97. The van der Waals surface area contributed by atoms with E-state index >= 15 is 0 Å². The molecular weight excluding hydrogens is 470 g/mol. The molecule has 2 fully saturated rings. The van der Waals surface area contributed by atoms with Crippen molar-refractivity contribution in [3.63, 3.8) is 0 Å². The molecule has 5 aliphatic rings. The van der Waals surface area contributed by atoms with Gasteiger partial charge in [0.1, 0.15) is 30.5 Å². The summed E-state index contributed by atoms with van der Waals surface area (Å²) in [6.45, 7) is 2.48. The number of aliphatic hydroxyl groups is 3. The molecule has 36 heavy (non-hydrogen) atoms. The van der Waals surface area contributed by atoms with Gasteiger partial charge in [-0.1, -0.05) is 18.2 Å². The van der Waals surface area contributed by atoms with E-state index in [0.29, 0.717) is 11.8 Å². The van der Waals surface area contributed by atoms with Crippen LogP contribution in [0.5, 0.6) is 11.5 Å². The van der Waals surface area contributed by atoms with Crippen molar-refractivity contribution in [2.24, 2.45) is 5.92 Å². The Morgan fingerprint density at radius 1 is 1.11 bits per heavy atom. The van der Waals surface area contributed by atoms with Gasteiger partial charge in [-0.2, -0.15) is 0 Å². The van der Waals surface area contributed by atoms with Crippen molar-refractivity contribution in [3.05, 3.63) is 47.2 Å². The molecule has 0 radical (unpaired) electrons. The predicted molar refractivity (Wildman–Crippen MR) is 121 cm³/mol. The number of hydrogen-bond donors (Lipinski definition) is 4. The Hall–Kier alpha value is -2.54. The fourth-order valence-corrected chi connectivity index (χ4v) is 7.08. The van der Waals surface area contributed by atoms with Gasteiger partial charge >= 0.3 is 0 Å². The van der Waals surface area contributed by atoms with Crippen molar-refractivity contribution < 1.29 is 39.1 Å². The summed E-state index contributed by atoms with van der Waals surface area (Å²) in [4.78, 5) is 2.38. The number of phenolic OH excluding ortho intramolecular Hbond substituents is 1. The zero-order chi connectivity index (χ0) is 24.9. The van der Waals surface area contributed by atoms with Gasteiger partial charge in [0.25, 0.3) is 0 Å². The first-order valence-corrected chi connectivity index (χ1v) is 12.4. The monoisotopic (exact) mass is 499 g/mol. The second kappa shape index (κ2) is 7.73. The number of piperidine rings is 1. The summed E-state index contributed by atoms with van der Waals surface area (Å²) in [5.41, 5.74) is 1.84. The summed E-state index contributed by atoms with van der Waals surface area (Å²) in [7, 11) is 2.14. The molecule has 11 nitrogen and oxygen atoms in total. The molecule has 2 aliphatic carbocycles. The van der Waals surface area contributed by atoms with E-state index in [0.717, 1.165) is 24.9 Å². The lowest BCUT2D eigenvalue weighted by Gasteiger charge is -2.57. The van der Waals surface area contributed by atoms with Gasteiger partial charge in [-0.05, 0) is 38.1 Å². The minimum absolute atomic E-state index is 0.0121. The van der Waals surface area contributed by atoms with Crippen LogP contribution >= 0.6 is 0 Å². The van der Waals surface area contributed by atoms with Crippen LogP contribution in [0.1, 0.15) is 35.4 Å². The van der Waals surface area contributed by atoms with E-state index in [1.165, 1.54) is 5.56 Å². The van der Waals surface area contributed by atoms with E-state index in [1.54, 1.807) is 13.0 Å². The third kappa shape index (κ3) is 2.89. The number of hydrogen-bond acceptors (Lipinski definition) is 11. The largest absolute Gasteiger partial charge is 0.504 e. The van der Waals surface area contributed by atoms with E-state index in [2.05, 4.69) is 28.2 Å². The standard InChI is InChI=1S/C25H29N3O8/c1-10-26-27-23(33-10)21-18(31)17(30)19(32)24(36-21)34-15-6-4-12-13-9-11-3-5-14(29)20-16(11)25(12,22(15)35-20)7-8-28(13)2/h3-6,12-13,15,17-19,21-22,24,29-32H,7-9H2,1-2H3/t12?,13-,15+,17+,18+,19-,21+,22+,24+,25+/m1/s1. The van der Waals surface area contributed by atoms with Crippen LogP contribution in [0, 0.1) is 12.8 Å². The number of aromatic nitrogens is 2. The predicted octanol–water partition coefficient (Wildman–Crippen LogP) is 0.0941. The molecule has 11 heteroatoms. The molecule has 4 heterocycles. The highest BCUT2D eigenvalue weighted by Crippen LogP contribution is 2.62. The second-order valence-electron chi connectivity index (χ2n) is 10.6. The molecule has 192 valence electrons. The van der Waals surface area contributed by atoms with Gasteiger partial charge in [-0.3, -0.25) is 0 Å². The molecule has 7 rings (SSSR count). The number of aromatic hydroxyl groups is 1. The summed E-state index contributed by atoms with van der Waals surface area (Å²) in [5, 5.41) is 50.2. The van der Waals surface area contributed by atoms with Crippen LogP contribution in [0.15, 0.2) is 28.7 Å². The molecule has 4 N–H and O–H groups in total. The number of likely N-dealkylation sites (tertiary alicyclic amines) is 1. The first-order chi connectivity index (χ1) is 17.3. The molecule has 1 aromatic heterocycles. The molecule has 3 aliphatic heterocycles. The highest BCUT2D eigenvalue weighted by Gasteiger charge is 2.65. The van der Waals surface area contributed by atoms with Gasteiger partial charge in [0.05, 0.1) is 0 Å². The zero-order valence-electron chi connectivity index (χ0n) is 19.9. The first-order valence-electron chi connectivity index (χ1n) is 12.4. The van der Waals surface area contributed by atoms with Gasteiger partial charge in [0.15, 0.2) is 23.9 Å². The topological polar surface area (TPSA) is 151 Å². The molecule has 1 aromatic carbocycles. The highest BCUT2D eigenvalue weighted by atomic mass is 16.7. The van der Waals surface area contributed by atoms with Gasteiger partial charge in [0.2, 0.25) is 11.8 Å². The van der Waals surface area contributed by atoms with Crippen LogP contribution in [-0.4, -0.2) is 92.0 Å². The Labute approximate surface area is 206 Å². The minimum atomic E-state index is -1.56. The molecule has 1 spiro atoms. The highest BCUT2D eigenvalue weighted by molar-refractivity contribution is 5.61.